The number of benzene rings is 2. The normalized spacial score (nSPS) is 11.6. The smallest absolute Gasteiger partial charge is 0.0645 e. The summed E-state index contributed by atoms with van der Waals surface area (Å²) in [5.41, 5.74) is 4.40. The van der Waals surface area contributed by atoms with Gasteiger partial charge in [-0.2, -0.15) is 0 Å². The Morgan fingerprint density at radius 3 is 2.71 bits per heavy atom. The van der Waals surface area contributed by atoms with Gasteiger partial charge in [-0.15, -0.1) is 0 Å². The Labute approximate surface area is 137 Å². The van der Waals surface area contributed by atoms with Crippen molar-refractivity contribution in [3.63, 3.8) is 0 Å². The highest BCUT2D eigenvalue weighted by Crippen LogP contribution is 2.28. The van der Waals surface area contributed by atoms with Crippen molar-refractivity contribution in [1.29, 1.82) is 0 Å². The van der Waals surface area contributed by atoms with Crippen LogP contribution < -0.4 is 0 Å². The SMILES string of the molecule is Cc1c(C=Nc2ccc(Br)c(Cl)c2)c2ccccc2n1C. The topological polar surface area (TPSA) is 17.3 Å². The molecule has 0 aliphatic carbocycles. The number of halogens is 2. The molecule has 2 aromatic carbocycles. The molecule has 0 aliphatic heterocycles. The molecule has 0 saturated heterocycles. The average Bonchev–Trinajstić information content (AvgIpc) is 2.73. The van der Waals surface area contributed by atoms with E-state index in [2.05, 4.69) is 63.7 Å². The van der Waals surface area contributed by atoms with E-state index in [4.69, 9.17) is 11.6 Å². The van der Waals surface area contributed by atoms with Crippen molar-refractivity contribution >= 4 is 50.3 Å². The first kappa shape index (κ1) is 14.4. The lowest BCUT2D eigenvalue weighted by Crippen LogP contribution is -1.91. The maximum absolute atomic E-state index is 6.10. The van der Waals surface area contributed by atoms with E-state index >= 15 is 0 Å². The Hall–Kier alpha value is -1.58. The number of rotatable bonds is 2. The fourth-order valence-corrected chi connectivity index (χ4v) is 2.84. The lowest BCUT2D eigenvalue weighted by Gasteiger charge is -1.99. The van der Waals surface area contributed by atoms with E-state index in [9.17, 15) is 0 Å². The van der Waals surface area contributed by atoms with E-state index in [-0.39, 0.29) is 0 Å². The van der Waals surface area contributed by atoms with E-state index in [1.54, 1.807) is 0 Å². The molecule has 0 unspecified atom stereocenters. The molecule has 3 aromatic rings. The predicted octanol–water partition coefficient (Wildman–Crippen LogP) is 5.65. The molecular weight excluding hydrogens is 348 g/mol. The number of aryl methyl sites for hydroxylation is 1. The van der Waals surface area contributed by atoms with Crippen LogP contribution in [0.1, 0.15) is 11.3 Å². The van der Waals surface area contributed by atoms with Gasteiger partial charge in [0.15, 0.2) is 0 Å². The highest BCUT2D eigenvalue weighted by Gasteiger charge is 2.09. The summed E-state index contributed by atoms with van der Waals surface area (Å²) in [6.45, 7) is 2.11. The number of hydrogen-bond acceptors (Lipinski definition) is 1. The highest BCUT2D eigenvalue weighted by atomic mass is 79.9. The van der Waals surface area contributed by atoms with Crippen LogP contribution in [-0.2, 0) is 7.05 Å². The minimum absolute atomic E-state index is 0.666. The zero-order valence-corrected chi connectivity index (χ0v) is 14.1. The molecule has 1 heterocycles. The lowest BCUT2D eigenvalue weighted by atomic mass is 10.1. The molecule has 0 atom stereocenters. The molecule has 0 amide bonds. The van der Waals surface area contributed by atoms with Gasteiger partial charge in [0.05, 0.1) is 10.7 Å². The van der Waals surface area contributed by atoms with Gasteiger partial charge in [0.2, 0.25) is 0 Å². The summed E-state index contributed by atoms with van der Waals surface area (Å²) in [5.74, 6) is 0. The molecule has 0 fully saturated rings. The molecule has 106 valence electrons. The van der Waals surface area contributed by atoms with Gasteiger partial charge in [-0.25, -0.2) is 0 Å². The lowest BCUT2D eigenvalue weighted by molar-refractivity contribution is 0.917. The molecule has 0 aliphatic rings. The summed E-state index contributed by atoms with van der Waals surface area (Å²) in [7, 11) is 2.07. The molecule has 0 bridgehead atoms. The second-order valence-electron chi connectivity index (χ2n) is 4.93. The third-order valence-corrected chi connectivity index (χ3v) is 4.93. The minimum atomic E-state index is 0.666. The van der Waals surface area contributed by atoms with Crippen LogP contribution in [0, 0.1) is 6.92 Å². The van der Waals surface area contributed by atoms with Gasteiger partial charge in [-0.1, -0.05) is 29.8 Å². The second kappa shape index (κ2) is 5.66. The Morgan fingerprint density at radius 2 is 1.95 bits per heavy atom. The first-order chi connectivity index (χ1) is 10.1. The quantitative estimate of drug-likeness (QED) is 0.525. The van der Waals surface area contributed by atoms with E-state index in [1.807, 2.05) is 24.4 Å². The van der Waals surface area contributed by atoms with Gasteiger partial charge < -0.3 is 4.57 Å². The van der Waals surface area contributed by atoms with Crippen molar-refractivity contribution in [1.82, 2.24) is 4.57 Å². The second-order valence-corrected chi connectivity index (χ2v) is 6.19. The molecule has 2 nitrogen and oxygen atoms in total. The van der Waals surface area contributed by atoms with Gasteiger partial charge >= 0.3 is 0 Å². The van der Waals surface area contributed by atoms with Crippen LogP contribution in [0.5, 0.6) is 0 Å². The zero-order chi connectivity index (χ0) is 15.0. The fourth-order valence-electron chi connectivity index (χ4n) is 2.42. The monoisotopic (exact) mass is 360 g/mol. The summed E-state index contributed by atoms with van der Waals surface area (Å²) >= 11 is 9.49. The van der Waals surface area contributed by atoms with Crippen LogP contribution in [0.25, 0.3) is 10.9 Å². The third-order valence-electron chi connectivity index (χ3n) is 3.69. The van der Waals surface area contributed by atoms with Gasteiger partial charge in [0.1, 0.15) is 0 Å². The summed E-state index contributed by atoms with van der Waals surface area (Å²) in [6, 6.07) is 14.0. The van der Waals surface area contributed by atoms with Crippen LogP contribution >= 0.6 is 27.5 Å². The van der Waals surface area contributed by atoms with Crippen LogP contribution in [0.15, 0.2) is 51.9 Å². The minimum Gasteiger partial charge on any atom is -0.347 e. The van der Waals surface area contributed by atoms with Crippen molar-refractivity contribution in [3.8, 4) is 0 Å². The zero-order valence-electron chi connectivity index (χ0n) is 11.8. The number of hydrogen-bond donors (Lipinski definition) is 0. The Morgan fingerprint density at radius 1 is 1.19 bits per heavy atom. The van der Waals surface area contributed by atoms with Crippen LogP contribution in [0.3, 0.4) is 0 Å². The first-order valence-corrected chi connectivity index (χ1v) is 7.78. The van der Waals surface area contributed by atoms with E-state index < -0.39 is 0 Å². The maximum Gasteiger partial charge on any atom is 0.0645 e. The standard InChI is InChI=1S/C17H14BrClN2/c1-11-14(13-5-3-4-6-17(13)21(11)2)10-20-12-7-8-15(18)16(19)9-12/h3-10H,1-2H3. The van der Waals surface area contributed by atoms with Crippen LogP contribution in [0.4, 0.5) is 5.69 Å². The average molecular weight is 362 g/mol. The van der Waals surface area contributed by atoms with Crippen molar-refractivity contribution in [3.05, 3.63) is 63.2 Å². The van der Waals surface area contributed by atoms with Crippen molar-refractivity contribution in [2.45, 2.75) is 6.92 Å². The maximum atomic E-state index is 6.10. The van der Waals surface area contributed by atoms with Gasteiger partial charge in [-0.3, -0.25) is 4.99 Å². The number of nitrogens with zero attached hydrogens (tertiary/aromatic N) is 2. The van der Waals surface area contributed by atoms with E-state index in [1.165, 1.54) is 16.6 Å². The number of aromatic nitrogens is 1. The van der Waals surface area contributed by atoms with Gasteiger partial charge in [-0.05, 0) is 47.1 Å². The fraction of sp³-hybridized carbons (Fsp3) is 0.118. The number of para-hydroxylation sites is 1. The third kappa shape index (κ3) is 2.63. The van der Waals surface area contributed by atoms with Crippen molar-refractivity contribution in [2.75, 3.05) is 0 Å². The van der Waals surface area contributed by atoms with Crippen molar-refractivity contribution < 1.29 is 0 Å². The van der Waals surface area contributed by atoms with E-state index in [0.29, 0.717) is 5.02 Å². The van der Waals surface area contributed by atoms with Gasteiger partial charge in [0, 0.05) is 39.9 Å². The first-order valence-electron chi connectivity index (χ1n) is 6.61. The highest BCUT2D eigenvalue weighted by molar-refractivity contribution is 9.10. The Bertz CT molecular complexity index is 849. The Kier molecular flexibility index (Phi) is 3.87. The molecule has 0 N–H and O–H groups in total. The molecule has 0 spiro atoms. The number of fused-ring (bicyclic) bond motifs is 1. The molecular formula is C17H14BrClN2. The number of aliphatic imine (C=N–C) groups is 1. The molecule has 1 aromatic heterocycles. The largest absolute Gasteiger partial charge is 0.347 e. The molecule has 0 saturated carbocycles. The summed E-state index contributed by atoms with van der Waals surface area (Å²) < 4.78 is 3.06. The van der Waals surface area contributed by atoms with Gasteiger partial charge in [0.25, 0.3) is 0 Å². The van der Waals surface area contributed by atoms with Crippen molar-refractivity contribution in [2.24, 2.45) is 12.0 Å². The summed E-state index contributed by atoms with van der Waals surface area (Å²) in [5, 5.41) is 1.88. The summed E-state index contributed by atoms with van der Waals surface area (Å²) in [4.78, 5) is 4.56. The predicted molar refractivity (Wildman–Crippen MR) is 94.1 cm³/mol. The van der Waals surface area contributed by atoms with Crippen LogP contribution in [-0.4, -0.2) is 10.8 Å². The summed E-state index contributed by atoms with van der Waals surface area (Å²) in [6.07, 6.45) is 1.91. The molecule has 21 heavy (non-hydrogen) atoms. The molecule has 3 rings (SSSR count). The van der Waals surface area contributed by atoms with Crippen LogP contribution in [0.2, 0.25) is 5.02 Å². The Balaban J connectivity index is 2.07. The molecule has 0 radical (unpaired) electrons. The van der Waals surface area contributed by atoms with E-state index in [0.717, 1.165) is 15.7 Å². The molecule has 4 heteroatoms.